The van der Waals surface area contributed by atoms with E-state index < -0.39 is 0 Å². The third-order valence-electron chi connectivity index (χ3n) is 4.83. The van der Waals surface area contributed by atoms with E-state index in [0.29, 0.717) is 18.0 Å². The number of fused-ring (bicyclic) bond motifs is 1. The predicted octanol–water partition coefficient (Wildman–Crippen LogP) is 2.71. The third-order valence-corrected chi connectivity index (χ3v) is 5.80. The van der Waals surface area contributed by atoms with Crippen LogP contribution in [0.4, 0.5) is 10.1 Å². The van der Waals surface area contributed by atoms with Gasteiger partial charge in [0.25, 0.3) is 0 Å². The van der Waals surface area contributed by atoms with E-state index in [2.05, 4.69) is 39.2 Å². The van der Waals surface area contributed by atoms with Crippen molar-refractivity contribution in [1.82, 2.24) is 9.88 Å². The predicted molar refractivity (Wildman–Crippen MR) is 101 cm³/mol. The molecule has 0 aliphatic carbocycles. The summed E-state index contributed by atoms with van der Waals surface area (Å²) >= 11 is 1.52. The van der Waals surface area contributed by atoms with Crippen LogP contribution in [0.5, 0.6) is 11.5 Å². The largest absolute Gasteiger partial charge is 0.454 e. The van der Waals surface area contributed by atoms with Crippen molar-refractivity contribution in [3.8, 4) is 11.5 Å². The van der Waals surface area contributed by atoms with Gasteiger partial charge in [0.1, 0.15) is 5.00 Å². The van der Waals surface area contributed by atoms with Crippen LogP contribution < -0.4 is 19.7 Å². The molecule has 0 bridgehead atoms. The number of nitrogens with zero attached hydrogens (tertiary/aromatic N) is 3. The minimum atomic E-state index is -0.0896. The second-order valence-electron chi connectivity index (χ2n) is 6.50. The maximum atomic E-state index is 11.1. The molecule has 0 radical (unpaired) electrons. The Morgan fingerprint density at radius 2 is 2.00 bits per heavy atom. The topological polar surface area (TPSA) is 66.9 Å². The van der Waals surface area contributed by atoms with E-state index in [0.717, 1.165) is 42.7 Å². The zero-order valence-electron chi connectivity index (χ0n) is 14.9. The lowest BCUT2D eigenvalue weighted by Crippen LogP contribution is -2.46. The third kappa shape index (κ3) is 3.47. The van der Waals surface area contributed by atoms with Gasteiger partial charge in [0.15, 0.2) is 16.6 Å². The highest BCUT2D eigenvalue weighted by atomic mass is 32.1. The summed E-state index contributed by atoms with van der Waals surface area (Å²) < 4.78 is 10.9. The number of rotatable bonds is 4. The zero-order chi connectivity index (χ0) is 18.1. The summed E-state index contributed by atoms with van der Waals surface area (Å²) in [6, 6.07) is 6.52. The van der Waals surface area contributed by atoms with E-state index in [9.17, 15) is 4.79 Å². The molecule has 1 amide bonds. The molecule has 1 saturated heterocycles. The molecule has 2 aromatic rings. The van der Waals surface area contributed by atoms with Gasteiger partial charge in [-0.15, -0.1) is 0 Å². The molecule has 3 heterocycles. The number of nitrogens with one attached hydrogen (secondary N) is 1. The summed E-state index contributed by atoms with van der Waals surface area (Å²) in [6.45, 7) is 7.87. The van der Waals surface area contributed by atoms with Crippen molar-refractivity contribution >= 4 is 27.4 Å². The van der Waals surface area contributed by atoms with E-state index in [-0.39, 0.29) is 5.91 Å². The van der Waals surface area contributed by atoms with Gasteiger partial charge in [0.05, 0.1) is 6.20 Å². The Balaban J connectivity index is 1.37. The number of carbonyl (C=O) groups is 1. The van der Waals surface area contributed by atoms with Gasteiger partial charge in [-0.3, -0.25) is 9.69 Å². The van der Waals surface area contributed by atoms with Crippen LogP contribution in [0.2, 0.25) is 0 Å². The molecular weight excluding hydrogens is 352 g/mol. The first-order valence-electron chi connectivity index (χ1n) is 8.72. The average molecular weight is 374 g/mol. The molecule has 2 aliphatic heterocycles. The summed E-state index contributed by atoms with van der Waals surface area (Å²) in [7, 11) is 0. The summed E-state index contributed by atoms with van der Waals surface area (Å²) in [4.78, 5) is 20.2. The molecule has 1 unspecified atom stereocenters. The van der Waals surface area contributed by atoms with E-state index in [1.54, 1.807) is 0 Å². The Hall–Kier alpha value is -2.32. The maximum absolute atomic E-state index is 11.1. The van der Waals surface area contributed by atoms with Crippen LogP contribution in [0.1, 0.15) is 25.5 Å². The molecule has 26 heavy (non-hydrogen) atoms. The Morgan fingerprint density at radius 3 is 2.77 bits per heavy atom. The maximum Gasteiger partial charge on any atom is 0.231 e. The number of anilines is 2. The fourth-order valence-corrected chi connectivity index (χ4v) is 4.25. The lowest BCUT2D eigenvalue weighted by molar-refractivity contribution is -0.114. The first-order valence-corrected chi connectivity index (χ1v) is 9.54. The summed E-state index contributed by atoms with van der Waals surface area (Å²) in [5.74, 6) is 1.57. The number of carbonyl (C=O) groups excluding carboxylic acids is 1. The molecule has 4 rings (SSSR count). The molecule has 0 saturated carbocycles. The number of piperazine rings is 1. The monoisotopic (exact) mass is 374 g/mol. The molecule has 1 aromatic heterocycles. The van der Waals surface area contributed by atoms with Gasteiger partial charge in [-0.25, -0.2) is 4.98 Å². The van der Waals surface area contributed by atoms with Crippen LogP contribution in [0.25, 0.3) is 0 Å². The number of hydrogen-bond donors (Lipinski definition) is 1. The Labute approximate surface area is 156 Å². The fraction of sp³-hybridized carbons (Fsp3) is 0.444. The van der Waals surface area contributed by atoms with E-state index in [1.807, 2.05) is 12.3 Å². The number of amides is 1. The van der Waals surface area contributed by atoms with Gasteiger partial charge >= 0.3 is 0 Å². The molecule has 7 nitrogen and oxygen atoms in total. The van der Waals surface area contributed by atoms with Crippen molar-refractivity contribution in [3.05, 3.63) is 30.0 Å². The van der Waals surface area contributed by atoms with E-state index in [4.69, 9.17) is 9.47 Å². The molecule has 2 aliphatic rings. The second-order valence-corrected chi connectivity index (χ2v) is 7.51. The quantitative estimate of drug-likeness (QED) is 0.888. The number of benzene rings is 1. The highest BCUT2D eigenvalue weighted by Gasteiger charge is 2.25. The summed E-state index contributed by atoms with van der Waals surface area (Å²) in [5.41, 5.74) is 1.24. The van der Waals surface area contributed by atoms with Crippen LogP contribution in [0.3, 0.4) is 0 Å². The summed E-state index contributed by atoms with van der Waals surface area (Å²) in [5, 5.41) is 4.50. The molecule has 1 fully saturated rings. The Morgan fingerprint density at radius 1 is 1.23 bits per heavy atom. The average Bonchev–Trinajstić information content (AvgIpc) is 3.29. The lowest BCUT2D eigenvalue weighted by atomic mass is 10.1. The van der Waals surface area contributed by atoms with Crippen LogP contribution in [0, 0.1) is 0 Å². The number of ether oxygens (including phenoxy) is 2. The Bertz CT molecular complexity index is 801. The number of aromatic nitrogens is 1. The van der Waals surface area contributed by atoms with Crippen LogP contribution in [-0.2, 0) is 4.79 Å². The van der Waals surface area contributed by atoms with Gasteiger partial charge in [-0.05, 0) is 24.6 Å². The molecule has 0 spiro atoms. The number of thiazole rings is 1. The second kappa shape index (κ2) is 7.13. The van der Waals surface area contributed by atoms with Crippen LogP contribution in [0.15, 0.2) is 24.4 Å². The molecular formula is C18H22N4O3S. The molecule has 1 aromatic carbocycles. The van der Waals surface area contributed by atoms with Crippen molar-refractivity contribution in [2.45, 2.75) is 19.9 Å². The van der Waals surface area contributed by atoms with Crippen LogP contribution in [-0.4, -0.2) is 48.8 Å². The van der Waals surface area contributed by atoms with Crippen molar-refractivity contribution in [1.29, 1.82) is 0 Å². The van der Waals surface area contributed by atoms with Crippen LogP contribution >= 0.6 is 11.3 Å². The van der Waals surface area contributed by atoms with E-state index in [1.165, 1.54) is 23.8 Å². The zero-order valence-corrected chi connectivity index (χ0v) is 15.7. The van der Waals surface area contributed by atoms with Gasteiger partial charge in [0.2, 0.25) is 12.7 Å². The highest BCUT2D eigenvalue weighted by Crippen LogP contribution is 2.36. The normalized spacial score (nSPS) is 18.0. The standard InChI is InChI=1S/C18H22N4O3S/c1-12(14-3-4-15-16(9-14)25-11-24-15)21-5-7-22(8-6-21)17-10-19-18(26-17)20-13(2)23/h3-4,9-10,12H,5-8,11H2,1-2H3,(H,19,20,23). The van der Waals surface area contributed by atoms with Crippen molar-refractivity contribution in [2.24, 2.45) is 0 Å². The van der Waals surface area contributed by atoms with Crippen molar-refractivity contribution in [3.63, 3.8) is 0 Å². The molecule has 1 atom stereocenters. The highest BCUT2D eigenvalue weighted by molar-refractivity contribution is 7.19. The Kier molecular flexibility index (Phi) is 4.69. The molecule has 1 N–H and O–H groups in total. The number of hydrogen-bond acceptors (Lipinski definition) is 7. The molecule has 8 heteroatoms. The summed E-state index contributed by atoms with van der Waals surface area (Å²) in [6.07, 6.45) is 1.84. The van der Waals surface area contributed by atoms with Gasteiger partial charge < -0.3 is 19.7 Å². The minimum absolute atomic E-state index is 0.0896. The SMILES string of the molecule is CC(=O)Nc1ncc(N2CCN(C(C)c3ccc4c(c3)OCO4)CC2)s1. The van der Waals surface area contributed by atoms with E-state index >= 15 is 0 Å². The van der Waals surface area contributed by atoms with Gasteiger partial charge in [-0.2, -0.15) is 0 Å². The van der Waals surface area contributed by atoms with Gasteiger partial charge in [-0.1, -0.05) is 17.4 Å². The minimum Gasteiger partial charge on any atom is -0.454 e. The lowest BCUT2D eigenvalue weighted by Gasteiger charge is -2.38. The fourth-order valence-electron chi connectivity index (χ4n) is 3.33. The molecule has 138 valence electrons. The van der Waals surface area contributed by atoms with Gasteiger partial charge in [0, 0.05) is 39.1 Å². The first kappa shape index (κ1) is 17.1. The smallest absolute Gasteiger partial charge is 0.231 e. The van der Waals surface area contributed by atoms with Crippen molar-refractivity contribution in [2.75, 3.05) is 43.2 Å². The first-order chi connectivity index (χ1) is 12.6. The van der Waals surface area contributed by atoms with Crippen molar-refractivity contribution < 1.29 is 14.3 Å².